The van der Waals surface area contributed by atoms with E-state index < -0.39 is 0 Å². The minimum atomic E-state index is -0.112. The number of aryl methyl sites for hydroxylation is 2. The van der Waals surface area contributed by atoms with Crippen molar-refractivity contribution in [3.63, 3.8) is 0 Å². The highest BCUT2D eigenvalue weighted by Crippen LogP contribution is 2.19. The van der Waals surface area contributed by atoms with E-state index in [0.29, 0.717) is 24.7 Å². The number of hydrogen-bond donors (Lipinski definition) is 2. The fourth-order valence-corrected chi connectivity index (χ4v) is 4.06. The number of rotatable bonds is 5. The van der Waals surface area contributed by atoms with Crippen molar-refractivity contribution in [1.82, 2.24) is 20.2 Å². The molecule has 1 aromatic carbocycles. The summed E-state index contributed by atoms with van der Waals surface area (Å²) in [5.41, 5.74) is 4.14. The van der Waals surface area contributed by atoms with Gasteiger partial charge in [0.25, 0.3) is 11.5 Å². The molecule has 1 amide bonds. The molecule has 2 aromatic heterocycles. The number of amides is 1. The van der Waals surface area contributed by atoms with E-state index in [1.54, 1.807) is 6.07 Å². The molecule has 156 valence electrons. The van der Waals surface area contributed by atoms with Crippen molar-refractivity contribution < 1.29 is 4.79 Å². The Kier molecular flexibility index (Phi) is 5.95. The van der Waals surface area contributed by atoms with E-state index in [2.05, 4.69) is 32.3 Å². The third-order valence-electron chi connectivity index (χ3n) is 5.85. The van der Waals surface area contributed by atoms with Gasteiger partial charge in [0.2, 0.25) is 0 Å². The smallest absolute Gasteiger partial charge is 0.269 e. The van der Waals surface area contributed by atoms with Crippen LogP contribution in [0.5, 0.6) is 0 Å². The van der Waals surface area contributed by atoms with Gasteiger partial charge < -0.3 is 10.3 Å². The lowest BCUT2D eigenvalue weighted by Gasteiger charge is -2.31. The minimum absolute atomic E-state index is 0.00635. The Bertz CT molecular complexity index is 1110. The summed E-state index contributed by atoms with van der Waals surface area (Å²) in [7, 11) is 0. The molecule has 3 heterocycles. The second-order valence-electron chi connectivity index (χ2n) is 8.31. The SMILES string of the molecule is Cc1ccc2cc(CN3CCC(CNC(=O)c4cccc(C)n4)CC3)c(=O)[nH]c2c1. The van der Waals surface area contributed by atoms with Gasteiger partial charge in [-0.05, 0) is 80.9 Å². The number of H-pyrrole nitrogens is 1. The molecule has 4 rings (SSSR count). The summed E-state index contributed by atoms with van der Waals surface area (Å²) in [5, 5.41) is 4.09. The molecular weight excluding hydrogens is 376 g/mol. The van der Waals surface area contributed by atoms with Crippen LogP contribution in [0.4, 0.5) is 0 Å². The van der Waals surface area contributed by atoms with E-state index in [-0.39, 0.29) is 11.5 Å². The fourth-order valence-electron chi connectivity index (χ4n) is 4.06. The molecule has 1 fully saturated rings. The number of fused-ring (bicyclic) bond motifs is 1. The van der Waals surface area contributed by atoms with Gasteiger partial charge in [-0.25, -0.2) is 4.98 Å². The molecule has 6 nitrogen and oxygen atoms in total. The molecule has 1 saturated heterocycles. The molecule has 0 radical (unpaired) electrons. The molecule has 0 bridgehead atoms. The zero-order chi connectivity index (χ0) is 21.1. The van der Waals surface area contributed by atoms with E-state index in [9.17, 15) is 9.59 Å². The zero-order valence-electron chi connectivity index (χ0n) is 17.6. The van der Waals surface area contributed by atoms with Crippen molar-refractivity contribution in [2.24, 2.45) is 5.92 Å². The van der Waals surface area contributed by atoms with Crippen LogP contribution in [0.15, 0.2) is 47.3 Å². The van der Waals surface area contributed by atoms with Crippen molar-refractivity contribution in [2.75, 3.05) is 19.6 Å². The maximum atomic E-state index is 12.5. The van der Waals surface area contributed by atoms with E-state index >= 15 is 0 Å². The van der Waals surface area contributed by atoms with Crippen LogP contribution in [-0.4, -0.2) is 40.4 Å². The molecular formula is C24H28N4O2. The molecule has 6 heteroatoms. The summed E-state index contributed by atoms with van der Waals surface area (Å²) >= 11 is 0. The summed E-state index contributed by atoms with van der Waals surface area (Å²) in [6.45, 7) is 7.08. The molecule has 0 atom stereocenters. The largest absolute Gasteiger partial charge is 0.350 e. The molecule has 0 saturated carbocycles. The Hall–Kier alpha value is -2.99. The molecule has 3 aromatic rings. The van der Waals surface area contributed by atoms with Crippen LogP contribution in [0, 0.1) is 19.8 Å². The van der Waals surface area contributed by atoms with Gasteiger partial charge in [-0.2, -0.15) is 0 Å². The van der Waals surface area contributed by atoms with E-state index in [0.717, 1.165) is 53.7 Å². The van der Waals surface area contributed by atoms with Crippen LogP contribution in [0.2, 0.25) is 0 Å². The topological polar surface area (TPSA) is 78.1 Å². The van der Waals surface area contributed by atoms with Crippen LogP contribution >= 0.6 is 0 Å². The number of pyridine rings is 2. The lowest BCUT2D eigenvalue weighted by Crippen LogP contribution is -2.39. The Morgan fingerprint density at radius 2 is 1.97 bits per heavy atom. The number of piperidine rings is 1. The number of hydrogen-bond acceptors (Lipinski definition) is 4. The average Bonchev–Trinajstić information content (AvgIpc) is 2.73. The zero-order valence-corrected chi connectivity index (χ0v) is 17.6. The second-order valence-corrected chi connectivity index (χ2v) is 8.31. The highest BCUT2D eigenvalue weighted by Gasteiger charge is 2.21. The summed E-state index contributed by atoms with van der Waals surface area (Å²) in [5.74, 6) is 0.340. The molecule has 0 unspecified atom stereocenters. The van der Waals surface area contributed by atoms with Crippen LogP contribution in [-0.2, 0) is 6.54 Å². The first-order valence-electron chi connectivity index (χ1n) is 10.5. The number of carbonyl (C=O) groups excluding carboxylic acids is 1. The Labute approximate surface area is 176 Å². The lowest BCUT2D eigenvalue weighted by molar-refractivity contribution is 0.0930. The van der Waals surface area contributed by atoms with Gasteiger partial charge in [-0.3, -0.25) is 14.5 Å². The number of aromatic amines is 1. The summed E-state index contributed by atoms with van der Waals surface area (Å²) in [4.78, 5) is 34.4. The average molecular weight is 405 g/mol. The van der Waals surface area contributed by atoms with Gasteiger partial charge in [-0.15, -0.1) is 0 Å². The molecule has 1 aliphatic heterocycles. The van der Waals surface area contributed by atoms with Crippen molar-refractivity contribution in [3.05, 3.63) is 75.3 Å². The van der Waals surface area contributed by atoms with Gasteiger partial charge in [0.05, 0.1) is 0 Å². The van der Waals surface area contributed by atoms with Gasteiger partial charge >= 0.3 is 0 Å². The first-order chi connectivity index (χ1) is 14.5. The van der Waals surface area contributed by atoms with Crippen LogP contribution in [0.1, 0.15) is 40.2 Å². The quantitative estimate of drug-likeness (QED) is 0.685. The van der Waals surface area contributed by atoms with Crippen molar-refractivity contribution >= 4 is 16.8 Å². The standard InChI is InChI=1S/C24H28N4O2/c1-16-6-7-19-13-20(23(29)27-22(19)12-16)15-28-10-8-18(9-11-28)14-25-24(30)21-5-3-4-17(2)26-21/h3-7,12-13,18H,8-11,14-15H2,1-2H3,(H,25,30)(H,27,29). The maximum absolute atomic E-state index is 12.5. The van der Waals surface area contributed by atoms with Gasteiger partial charge in [0.15, 0.2) is 0 Å². The van der Waals surface area contributed by atoms with E-state index in [1.165, 1.54) is 0 Å². The summed E-state index contributed by atoms with van der Waals surface area (Å²) < 4.78 is 0. The van der Waals surface area contributed by atoms with Crippen LogP contribution in [0.3, 0.4) is 0 Å². The predicted molar refractivity (Wildman–Crippen MR) is 119 cm³/mol. The third-order valence-corrected chi connectivity index (χ3v) is 5.85. The van der Waals surface area contributed by atoms with E-state index in [1.807, 2.05) is 38.1 Å². The predicted octanol–water partition coefficient (Wildman–Crippen LogP) is 3.18. The maximum Gasteiger partial charge on any atom is 0.269 e. The van der Waals surface area contributed by atoms with Crippen LogP contribution < -0.4 is 10.9 Å². The fraction of sp³-hybridized carbons (Fsp3) is 0.375. The monoisotopic (exact) mass is 404 g/mol. The molecule has 0 aliphatic carbocycles. The van der Waals surface area contributed by atoms with Gasteiger partial charge in [0, 0.05) is 29.9 Å². The number of nitrogens with zero attached hydrogens (tertiary/aromatic N) is 2. The molecule has 0 spiro atoms. The minimum Gasteiger partial charge on any atom is -0.350 e. The van der Waals surface area contributed by atoms with Gasteiger partial charge in [-0.1, -0.05) is 18.2 Å². The van der Waals surface area contributed by atoms with Crippen LogP contribution in [0.25, 0.3) is 10.9 Å². The molecule has 30 heavy (non-hydrogen) atoms. The lowest BCUT2D eigenvalue weighted by atomic mass is 9.96. The summed E-state index contributed by atoms with van der Waals surface area (Å²) in [6.07, 6.45) is 2.01. The van der Waals surface area contributed by atoms with Crippen molar-refractivity contribution in [3.8, 4) is 0 Å². The highest BCUT2D eigenvalue weighted by atomic mass is 16.2. The number of likely N-dealkylation sites (tertiary alicyclic amines) is 1. The number of benzene rings is 1. The summed E-state index contributed by atoms with van der Waals surface area (Å²) in [6, 6.07) is 13.6. The Balaban J connectivity index is 1.30. The number of nitrogens with one attached hydrogen (secondary N) is 2. The third kappa shape index (κ3) is 4.76. The Morgan fingerprint density at radius 3 is 2.73 bits per heavy atom. The number of carbonyl (C=O) groups is 1. The van der Waals surface area contributed by atoms with Crippen molar-refractivity contribution in [1.29, 1.82) is 0 Å². The Morgan fingerprint density at radius 1 is 1.17 bits per heavy atom. The number of aromatic nitrogens is 2. The van der Waals surface area contributed by atoms with E-state index in [4.69, 9.17) is 0 Å². The van der Waals surface area contributed by atoms with Crippen molar-refractivity contribution in [2.45, 2.75) is 33.2 Å². The first-order valence-corrected chi connectivity index (χ1v) is 10.5. The highest BCUT2D eigenvalue weighted by molar-refractivity contribution is 5.92. The molecule has 1 aliphatic rings. The second kappa shape index (κ2) is 8.79. The first kappa shape index (κ1) is 20.3. The van der Waals surface area contributed by atoms with Gasteiger partial charge in [0.1, 0.15) is 5.69 Å². The molecule has 2 N–H and O–H groups in total. The normalized spacial score (nSPS) is 15.4.